The van der Waals surface area contributed by atoms with Gasteiger partial charge in [-0.15, -0.1) is 0 Å². The summed E-state index contributed by atoms with van der Waals surface area (Å²) in [5, 5.41) is 18.9. The quantitative estimate of drug-likeness (QED) is 0.273. The molecule has 6 nitrogen and oxygen atoms in total. The van der Waals surface area contributed by atoms with Crippen LogP contribution >= 0.6 is 0 Å². The van der Waals surface area contributed by atoms with E-state index in [4.69, 9.17) is 4.74 Å². The molecule has 2 aliphatic rings. The van der Waals surface area contributed by atoms with Crippen LogP contribution in [0.2, 0.25) is 0 Å². The first-order valence-corrected chi connectivity index (χ1v) is 12.2. The molecule has 0 aromatic heterocycles. The van der Waals surface area contributed by atoms with E-state index in [0.29, 0.717) is 12.4 Å². The van der Waals surface area contributed by atoms with Crippen molar-refractivity contribution in [2.24, 2.45) is 5.10 Å². The summed E-state index contributed by atoms with van der Waals surface area (Å²) in [6.07, 6.45) is 1.99. The van der Waals surface area contributed by atoms with Crippen molar-refractivity contribution in [3.63, 3.8) is 0 Å². The fourth-order valence-electron chi connectivity index (χ4n) is 4.75. The number of carboxylic acids is 1. The number of nitrogens with zero attached hydrogens (tertiary/aromatic N) is 2. The highest BCUT2D eigenvalue weighted by atomic mass is 16.5. The van der Waals surface area contributed by atoms with Crippen molar-refractivity contribution in [1.82, 2.24) is 10.3 Å². The molecule has 1 heterocycles. The molecular formula is C31H29N3O3. The Balaban J connectivity index is 1.61. The van der Waals surface area contributed by atoms with Gasteiger partial charge in [0.2, 0.25) is 0 Å². The number of benzene rings is 3. The van der Waals surface area contributed by atoms with Crippen LogP contribution in [-0.2, 0) is 11.3 Å². The van der Waals surface area contributed by atoms with Gasteiger partial charge in [0.05, 0.1) is 5.56 Å². The van der Waals surface area contributed by atoms with Gasteiger partial charge in [0.15, 0.2) is 0 Å². The molecule has 1 aliphatic heterocycles. The molecule has 1 aliphatic carbocycles. The number of nitrogens with one attached hydrogen (secondary N) is 1. The number of carboxylic acid groups (broad SMARTS) is 1. The average molecular weight is 492 g/mol. The molecule has 3 aromatic rings. The molecule has 1 saturated carbocycles. The third-order valence-corrected chi connectivity index (χ3v) is 6.67. The molecule has 3 aromatic carbocycles. The summed E-state index contributed by atoms with van der Waals surface area (Å²) < 4.78 is 6.53. The molecule has 6 heteroatoms. The summed E-state index contributed by atoms with van der Waals surface area (Å²) in [5.41, 5.74) is 7.46. The van der Waals surface area contributed by atoms with Crippen molar-refractivity contribution in [1.29, 1.82) is 0 Å². The van der Waals surface area contributed by atoms with Crippen LogP contribution in [-0.4, -0.2) is 22.8 Å². The van der Waals surface area contributed by atoms with Gasteiger partial charge in [-0.2, -0.15) is 5.10 Å². The van der Waals surface area contributed by atoms with E-state index < -0.39 is 5.97 Å². The molecule has 0 amide bonds. The zero-order valence-corrected chi connectivity index (χ0v) is 20.8. The first-order valence-electron chi connectivity index (χ1n) is 12.2. The van der Waals surface area contributed by atoms with E-state index in [1.165, 1.54) is 5.57 Å². The van der Waals surface area contributed by atoms with Crippen LogP contribution in [0.25, 0.3) is 11.1 Å². The van der Waals surface area contributed by atoms with Crippen molar-refractivity contribution < 1.29 is 14.6 Å². The van der Waals surface area contributed by atoms with E-state index in [1.54, 1.807) is 17.1 Å². The maximum atomic E-state index is 11.4. The largest absolute Gasteiger partial charge is 0.489 e. The number of allylic oxidation sites excluding steroid dienone is 2. The molecule has 5 rings (SSSR count). The Kier molecular flexibility index (Phi) is 6.64. The zero-order chi connectivity index (χ0) is 25.9. The second kappa shape index (κ2) is 10.2. The molecule has 1 unspecified atom stereocenters. The summed E-state index contributed by atoms with van der Waals surface area (Å²) in [6.45, 7) is 10.5. The smallest absolute Gasteiger partial charge is 0.335 e. The molecular weight excluding hydrogens is 462 g/mol. The first-order chi connectivity index (χ1) is 18.0. The third-order valence-electron chi connectivity index (χ3n) is 6.67. The third kappa shape index (κ3) is 4.91. The predicted octanol–water partition coefficient (Wildman–Crippen LogP) is 6.62. The van der Waals surface area contributed by atoms with Crippen LogP contribution in [0.4, 0.5) is 0 Å². The molecule has 0 spiro atoms. The minimum absolute atomic E-state index is 0.248. The number of ether oxygens (including phenoxy) is 1. The highest BCUT2D eigenvalue weighted by Gasteiger charge is 2.38. The lowest BCUT2D eigenvalue weighted by atomic mass is 9.87. The van der Waals surface area contributed by atoms with Gasteiger partial charge in [-0.25, -0.2) is 9.80 Å². The van der Waals surface area contributed by atoms with E-state index in [9.17, 15) is 9.90 Å². The molecule has 1 atom stereocenters. The number of aromatic carboxylic acids is 1. The zero-order valence-electron chi connectivity index (χ0n) is 20.8. The minimum atomic E-state index is -0.950. The van der Waals surface area contributed by atoms with E-state index in [2.05, 4.69) is 41.9 Å². The average Bonchev–Trinajstić information content (AvgIpc) is 3.76. The maximum Gasteiger partial charge on any atom is 0.335 e. The number of carbonyl (C=O) groups is 1. The van der Waals surface area contributed by atoms with Crippen LogP contribution in [0.15, 0.2) is 119 Å². The second-order valence-corrected chi connectivity index (χ2v) is 9.18. The van der Waals surface area contributed by atoms with E-state index >= 15 is 0 Å². The summed E-state index contributed by atoms with van der Waals surface area (Å²) in [6, 6.07) is 24.8. The molecule has 186 valence electrons. The topological polar surface area (TPSA) is 74.2 Å². The lowest BCUT2D eigenvalue weighted by Crippen LogP contribution is -2.38. The van der Waals surface area contributed by atoms with Gasteiger partial charge >= 0.3 is 5.97 Å². The van der Waals surface area contributed by atoms with Gasteiger partial charge in [-0.3, -0.25) is 0 Å². The van der Waals surface area contributed by atoms with Gasteiger partial charge in [0.25, 0.3) is 0 Å². The molecule has 0 bridgehead atoms. The van der Waals surface area contributed by atoms with Crippen LogP contribution < -0.4 is 5.32 Å². The van der Waals surface area contributed by atoms with Crippen molar-refractivity contribution >= 4 is 12.7 Å². The van der Waals surface area contributed by atoms with Crippen LogP contribution in [0, 0.1) is 0 Å². The monoisotopic (exact) mass is 491 g/mol. The Bertz CT molecular complexity index is 1420. The highest BCUT2D eigenvalue weighted by Crippen LogP contribution is 2.47. The maximum absolute atomic E-state index is 11.4. The lowest BCUT2D eigenvalue weighted by Gasteiger charge is -2.39. The Labute approximate surface area is 216 Å². The molecule has 2 N–H and O–H groups in total. The van der Waals surface area contributed by atoms with Gasteiger partial charge < -0.3 is 15.2 Å². The molecule has 37 heavy (non-hydrogen) atoms. The van der Waals surface area contributed by atoms with Crippen molar-refractivity contribution in [2.75, 3.05) is 0 Å². The van der Waals surface area contributed by atoms with Crippen LogP contribution in [0.1, 0.15) is 47.3 Å². The van der Waals surface area contributed by atoms with Gasteiger partial charge in [-0.05, 0) is 59.7 Å². The Morgan fingerprint density at radius 2 is 1.73 bits per heavy atom. The summed E-state index contributed by atoms with van der Waals surface area (Å²) in [5.74, 6) is 0.560. The summed E-state index contributed by atoms with van der Waals surface area (Å²) >= 11 is 0. The van der Waals surface area contributed by atoms with Crippen molar-refractivity contribution in [3.8, 4) is 11.1 Å². The molecule has 1 fully saturated rings. The normalized spacial score (nSPS) is 16.8. The summed E-state index contributed by atoms with van der Waals surface area (Å²) in [7, 11) is 0. The van der Waals surface area contributed by atoms with Crippen molar-refractivity contribution in [3.05, 3.63) is 131 Å². The van der Waals surface area contributed by atoms with Gasteiger partial charge in [0, 0.05) is 18.0 Å². The summed E-state index contributed by atoms with van der Waals surface area (Å²) in [4.78, 5) is 11.4. The number of rotatable bonds is 8. The Morgan fingerprint density at radius 1 is 1.05 bits per heavy atom. The van der Waals surface area contributed by atoms with Crippen molar-refractivity contribution in [2.45, 2.75) is 32.4 Å². The van der Waals surface area contributed by atoms with E-state index in [-0.39, 0.29) is 11.6 Å². The number of hydrazone groups is 1. The van der Waals surface area contributed by atoms with Crippen LogP contribution in [0.3, 0.4) is 0 Å². The fourth-order valence-corrected chi connectivity index (χ4v) is 4.75. The van der Waals surface area contributed by atoms with Gasteiger partial charge in [-0.1, -0.05) is 73.3 Å². The second-order valence-electron chi connectivity index (χ2n) is 9.18. The van der Waals surface area contributed by atoms with Gasteiger partial charge in [0.1, 0.15) is 24.2 Å². The predicted molar refractivity (Wildman–Crippen MR) is 145 cm³/mol. The SMILES string of the molecule is C=NN1C(=C)NC(C)=C(C(OCc2ccccc2)=C2CC2)C1c1ccccc1-c1ccc(C(=O)O)cc1. The first kappa shape index (κ1) is 24.1. The lowest BCUT2D eigenvalue weighted by molar-refractivity contribution is 0.0697. The minimum Gasteiger partial charge on any atom is -0.489 e. The van der Waals surface area contributed by atoms with E-state index in [0.717, 1.165) is 52.1 Å². The van der Waals surface area contributed by atoms with E-state index in [1.807, 2.05) is 55.5 Å². The molecule has 0 saturated heterocycles. The number of hydrogen-bond acceptors (Lipinski definition) is 5. The standard InChI is InChI=1S/C31H29N3O3/c1-20-28(30(24-15-16-24)37-19-22-9-5-4-6-10-22)29(34(32-3)21(2)33-20)27-12-8-7-11-26(27)23-13-17-25(18-14-23)31(35)36/h4-14,17-18,29,33H,2-3,15-16,19H2,1H3,(H,35,36). The molecule has 0 radical (unpaired) electrons. The van der Waals surface area contributed by atoms with Crippen LogP contribution in [0.5, 0.6) is 0 Å². The Hall–Kier alpha value is -4.58. The fraction of sp³-hybridized carbons (Fsp3) is 0.161. The number of hydrogen-bond donors (Lipinski definition) is 2. The highest BCUT2D eigenvalue weighted by molar-refractivity contribution is 5.88. The Morgan fingerprint density at radius 3 is 2.38 bits per heavy atom.